The molecule has 0 fully saturated rings. The summed E-state index contributed by atoms with van der Waals surface area (Å²) in [6.07, 6.45) is 0. The fourth-order valence-corrected chi connectivity index (χ4v) is 2.32. The van der Waals surface area contributed by atoms with Crippen LogP contribution in [-0.2, 0) is 6.54 Å². The summed E-state index contributed by atoms with van der Waals surface area (Å²) in [5, 5.41) is 0.764. The van der Waals surface area contributed by atoms with Gasteiger partial charge in [-0.1, -0.05) is 47.5 Å². The highest BCUT2D eigenvalue weighted by molar-refractivity contribution is 6.33. The van der Waals surface area contributed by atoms with Crippen LogP contribution < -0.4 is 5.73 Å². The van der Waals surface area contributed by atoms with E-state index in [9.17, 15) is 0 Å². The van der Waals surface area contributed by atoms with Crippen molar-refractivity contribution in [3.8, 4) is 11.1 Å². The molecule has 0 saturated carbocycles. The van der Waals surface area contributed by atoms with Crippen LogP contribution >= 0.6 is 11.6 Å². The van der Waals surface area contributed by atoms with Gasteiger partial charge in [-0.2, -0.15) is 0 Å². The molecule has 2 aromatic carbocycles. The SMILES string of the molecule is Cc1ccc(-c2ccc(CN)cc2Cl)c(C)c1. The average Bonchev–Trinajstić information content (AvgIpc) is 2.30. The van der Waals surface area contributed by atoms with Crippen LogP contribution in [0.4, 0.5) is 0 Å². The zero-order valence-electron chi connectivity index (χ0n) is 10.1. The van der Waals surface area contributed by atoms with E-state index in [1.165, 1.54) is 16.7 Å². The minimum atomic E-state index is 0.521. The summed E-state index contributed by atoms with van der Waals surface area (Å²) in [7, 11) is 0. The largest absolute Gasteiger partial charge is 0.326 e. The highest BCUT2D eigenvalue weighted by atomic mass is 35.5. The van der Waals surface area contributed by atoms with Crippen molar-refractivity contribution in [3.63, 3.8) is 0 Å². The van der Waals surface area contributed by atoms with E-state index >= 15 is 0 Å². The number of benzene rings is 2. The normalized spacial score (nSPS) is 10.6. The first-order valence-electron chi connectivity index (χ1n) is 5.68. The molecule has 88 valence electrons. The van der Waals surface area contributed by atoms with Crippen LogP contribution in [-0.4, -0.2) is 0 Å². The molecule has 0 amide bonds. The molecule has 0 radical (unpaired) electrons. The third kappa shape index (κ3) is 2.51. The molecule has 0 unspecified atom stereocenters. The predicted molar refractivity (Wildman–Crippen MR) is 74.3 cm³/mol. The fourth-order valence-electron chi connectivity index (χ4n) is 2.02. The van der Waals surface area contributed by atoms with Crippen molar-refractivity contribution in [2.75, 3.05) is 0 Å². The van der Waals surface area contributed by atoms with Crippen LogP contribution in [0.2, 0.25) is 5.02 Å². The van der Waals surface area contributed by atoms with Gasteiger partial charge in [0.15, 0.2) is 0 Å². The van der Waals surface area contributed by atoms with Gasteiger partial charge in [0.1, 0.15) is 0 Å². The van der Waals surface area contributed by atoms with Crippen LogP contribution in [0.15, 0.2) is 36.4 Å². The molecule has 0 heterocycles. The molecule has 2 N–H and O–H groups in total. The molecular formula is C15H16ClN. The number of hydrogen-bond acceptors (Lipinski definition) is 1. The first kappa shape index (κ1) is 12.2. The number of hydrogen-bond donors (Lipinski definition) is 1. The van der Waals surface area contributed by atoms with Crippen molar-refractivity contribution in [2.24, 2.45) is 5.73 Å². The van der Waals surface area contributed by atoms with Crippen LogP contribution in [0, 0.1) is 13.8 Å². The molecule has 0 atom stereocenters. The third-order valence-electron chi connectivity index (χ3n) is 2.94. The Morgan fingerprint density at radius 3 is 2.29 bits per heavy atom. The number of rotatable bonds is 2. The molecule has 0 spiro atoms. The minimum Gasteiger partial charge on any atom is -0.326 e. The number of nitrogens with two attached hydrogens (primary N) is 1. The summed E-state index contributed by atoms with van der Waals surface area (Å²) in [5.41, 5.74) is 11.4. The third-order valence-corrected chi connectivity index (χ3v) is 3.25. The molecule has 2 heteroatoms. The average molecular weight is 246 g/mol. The Balaban J connectivity index is 2.53. The molecule has 2 aromatic rings. The second kappa shape index (κ2) is 4.91. The van der Waals surface area contributed by atoms with E-state index in [0.29, 0.717) is 6.54 Å². The van der Waals surface area contributed by atoms with Crippen LogP contribution in [0.1, 0.15) is 16.7 Å². The lowest BCUT2D eigenvalue weighted by molar-refractivity contribution is 1.07. The van der Waals surface area contributed by atoms with Gasteiger partial charge < -0.3 is 5.73 Å². The van der Waals surface area contributed by atoms with Gasteiger partial charge in [0, 0.05) is 17.1 Å². The Bertz CT molecular complexity index is 547. The molecular weight excluding hydrogens is 230 g/mol. The Morgan fingerprint density at radius 1 is 1.00 bits per heavy atom. The molecule has 1 nitrogen and oxygen atoms in total. The van der Waals surface area contributed by atoms with E-state index in [4.69, 9.17) is 17.3 Å². The first-order valence-corrected chi connectivity index (χ1v) is 6.05. The molecule has 2 rings (SSSR count). The van der Waals surface area contributed by atoms with Crippen molar-refractivity contribution in [1.29, 1.82) is 0 Å². The first-order chi connectivity index (χ1) is 8.11. The molecule has 0 aromatic heterocycles. The van der Waals surface area contributed by atoms with E-state index in [1.54, 1.807) is 0 Å². The van der Waals surface area contributed by atoms with Gasteiger partial charge in [-0.25, -0.2) is 0 Å². The minimum absolute atomic E-state index is 0.521. The van der Waals surface area contributed by atoms with E-state index in [0.717, 1.165) is 16.1 Å². The maximum atomic E-state index is 6.30. The lowest BCUT2D eigenvalue weighted by atomic mass is 9.98. The van der Waals surface area contributed by atoms with Crippen molar-refractivity contribution in [2.45, 2.75) is 20.4 Å². The molecule has 0 aliphatic rings. The summed E-state index contributed by atoms with van der Waals surface area (Å²) in [5.74, 6) is 0. The van der Waals surface area contributed by atoms with Gasteiger partial charge in [-0.3, -0.25) is 0 Å². The zero-order chi connectivity index (χ0) is 12.4. The van der Waals surface area contributed by atoms with Gasteiger partial charge in [0.05, 0.1) is 0 Å². The Labute approximate surface area is 107 Å². The maximum Gasteiger partial charge on any atom is 0.0487 e. The van der Waals surface area contributed by atoms with E-state index in [-0.39, 0.29) is 0 Å². The topological polar surface area (TPSA) is 26.0 Å². The second-order valence-corrected chi connectivity index (χ2v) is 4.74. The predicted octanol–water partition coefficient (Wildman–Crippen LogP) is 4.08. The standard InChI is InChI=1S/C15H16ClN/c1-10-3-5-13(11(2)7-10)14-6-4-12(9-17)8-15(14)16/h3-8H,9,17H2,1-2H3. The molecule has 0 bridgehead atoms. The summed E-state index contributed by atoms with van der Waals surface area (Å²) in [4.78, 5) is 0. The highest BCUT2D eigenvalue weighted by Crippen LogP contribution is 2.31. The fraction of sp³-hybridized carbons (Fsp3) is 0.200. The lowest BCUT2D eigenvalue weighted by Crippen LogP contribution is -1.96. The zero-order valence-corrected chi connectivity index (χ0v) is 10.9. The summed E-state index contributed by atoms with van der Waals surface area (Å²) in [6.45, 7) is 4.72. The quantitative estimate of drug-likeness (QED) is 0.848. The smallest absolute Gasteiger partial charge is 0.0487 e. The highest BCUT2D eigenvalue weighted by Gasteiger charge is 2.07. The second-order valence-electron chi connectivity index (χ2n) is 4.34. The summed E-state index contributed by atoms with van der Waals surface area (Å²) in [6, 6.07) is 12.4. The van der Waals surface area contributed by atoms with E-state index < -0.39 is 0 Å². The van der Waals surface area contributed by atoms with Gasteiger partial charge >= 0.3 is 0 Å². The van der Waals surface area contributed by atoms with Crippen molar-refractivity contribution in [3.05, 3.63) is 58.1 Å². The molecule has 0 aliphatic carbocycles. The molecule has 0 saturated heterocycles. The Hall–Kier alpha value is -1.31. The number of aryl methyl sites for hydroxylation is 2. The monoisotopic (exact) mass is 245 g/mol. The lowest BCUT2D eigenvalue weighted by Gasteiger charge is -2.10. The van der Waals surface area contributed by atoms with Gasteiger partial charge in [-0.05, 0) is 36.6 Å². The number of halogens is 1. The van der Waals surface area contributed by atoms with Gasteiger partial charge in [0.2, 0.25) is 0 Å². The van der Waals surface area contributed by atoms with Crippen molar-refractivity contribution >= 4 is 11.6 Å². The summed E-state index contributed by atoms with van der Waals surface area (Å²) < 4.78 is 0. The molecule has 17 heavy (non-hydrogen) atoms. The van der Waals surface area contributed by atoms with Gasteiger partial charge in [-0.15, -0.1) is 0 Å². The van der Waals surface area contributed by atoms with Crippen LogP contribution in [0.5, 0.6) is 0 Å². The van der Waals surface area contributed by atoms with Crippen LogP contribution in [0.25, 0.3) is 11.1 Å². The maximum absolute atomic E-state index is 6.30. The Kier molecular flexibility index (Phi) is 3.51. The molecule has 0 aliphatic heterocycles. The van der Waals surface area contributed by atoms with Crippen LogP contribution in [0.3, 0.4) is 0 Å². The van der Waals surface area contributed by atoms with Crippen molar-refractivity contribution in [1.82, 2.24) is 0 Å². The van der Waals surface area contributed by atoms with E-state index in [1.807, 2.05) is 18.2 Å². The van der Waals surface area contributed by atoms with Crippen molar-refractivity contribution < 1.29 is 0 Å². The summed E-state index contributed by atoms with van der Waals surface area (Å²) >= 11 is 6.30. The Morgan fingerprint density at radius 2 is 1.71 bits per heavy atom. The van der Waals surface area contributed by atoms with Gasteiger partial charge in [0.25, 0.3) is 0 Å². The van der Waals surface area contributed by atoms with E-state index in [2.05, 4.69) is 32.0 Å².